The van der Waals surface area contributed by atoms with E-state index in [-0.39, 0.29) is 23.7 Å². The zero-order valence-corrected chi connectivity index (χ0v) is 20.8. The van der Waals surface area contributed by atoms with E-state index in [4.69, 9.17) is 5.73 Å². The van der Waals surface area contributed by atoms with Crippen LogP contribution in [-0.4, -0.2) is 65.2 Å². The van der Waals surface area contributed by atoms with Crippen molar-refractivity contribution < 1.29 is 19.2 Å². The molecule has 0 saturated heterocycles. The molecule has 2 unspecified atom stereocenters. The van der Waals surface area contributed by atoms with Gasteiger partial charge in [0.15, 0.2) is 0 Å². The topological polar surface area (TPSA) is 147 Å². The highest BCUT2D eigenvalue weighted by molar-refractivity contribution is 6.06. The maximum absolute atomic E-state index is 12.9. The number of amides is 4. The average molecular weight is 485 g/mol. The van der Waals surface area contributed by atoms with Gasteiger partial charge in [0, 0.05) is 36.3 Å². The number of imide groups is 1. The van der Waals surface area contributed by atoms with E-state index >= 15 is 0 Å². The number of carbonyl (C=O) groups excluding carboxylic acids is 4. The summed E-state index contributed by atoms with van der Waals surface area (Å²) < 4.78 is 0. The quantitative estimate of drug-likeness (QED) is 0.320. The molecule has 0 bridgehead atoms. The van der Waals surface area contributed by atoms with E-state index in [1.165, 1.54) is 12.4 Å². The summed E-state index contributed by atoms with van der Waals surface area (Å²) in [6, 6.07) is 2.16. The van der Waals surface area contributed by atoms with Gasteiger partial charge in [-0.1, -0.05) is 33.8 Å². The fourth-order valence-corrected chi connectivity index (χ4v) is 3.63. The van der Waals surface area contributed by atoms with Gasteiger partial charge in [0.1, 0.15) is 0 Å². The van der Waals surface area contributed by atoms with Crippen LogP contribution >= 0.6 is 0 Å². The smallest absolute Gasteiger partial charge is 0.257 e. The summed E-state index contributed by atoms with van der Waals surface area (Å²) in [5, 5.41) is 8.95. The standard InChI is InChI=1S/C25H36N6O4/c1-16(2)20(24(34)30-23(33)19-6-12-27-13-7-19)28-10-5-11-29-21(17(3)4)25(35)31-14-8-18(9-15-31)22(26)32/h6-9,12-14,16-17,20-21,28-29H,5,10-11,15H2,1-4H3,(H2,26,32)(H,30,33,34). The predicted molar refractivity (Wildman–Crippen MR) is 133 cm³/mol. The van der Waals surface area contributed by atoms with Crippen molar-refractivity contribution in [2.45, 2.75) is 46.2 Å². The maximum atomic E-state index is 12.9. The first-order valence-electron chi connectivity index (χ1n) is 11.8. The number of carbonyl (C=O) groups is 4. The van der Waals surface area contributed by atoms with Crippen LogP contribution in [0, 0.1) is 11.8 Å². The van der Waals surface area contributed by atoms with Crippen molar-refractivity contribution in [1.82, 2.24) is 25.8 Å². The van der Waals surface area contributed by atoms with E-state index in [0.717, 1.165) is 0 Å². The Morgan fingerprint density at radius 2 is 1.60 bits per heavy atom. The Bertz CT molecular complexity index is 958. The van der Waals surface area contributed by atoms with Crippen molar-refractivity contribution >= 4 is 23.6 Å². The molecule has 0 radical (unpaired) electrons. The molecular formula is C25H36N6O4. The van der Waals surface area contributed by atoms with Crippen LogP contribution in [0.5, 0.6) is 0 Å². The summed E-state index contributed by atoms with van der Waals surface area (Å²) in [5.74, 6) is -1.42. The number of nitrogens with two attached hydrogens (primary N) is 1. The Morgan fingerprint density at radius 1 is 1.00 bits per heavy atom. The zero-order chi connectivity index (χ0) is 26.0. The van der Waals surface area contributed by atoms with E-state index in [1.54, 1.807) is 35.4 Å². The normalized spacial score (nSPS) is 15.0. The minimum Gasteiger partial charge on any atom is -0.366 e. The number of hydrogen-bond acceptors (Lipinski definition) is 7. The molecule has 2 heterocycles. The Labute approximate surface area is 206 Å². The van der Waals surface area contributed by atoms with Gasteiger partial charge >= 0.3 is 0 Å². The third-order valence-corrected chi connectivity index (χ3v) is 5.65. The van der Waals surface area contributed by atoms with Crippen molar-refractivity contribution in [2.75, 3.05) is 19.6 Å². The first-order valence-corrected chi connectivity index (χ1v) is 11.8. The molecule has 0 aromatic carbocycles. The molecule has 190 valence electrons. The molecule has 1 aromatic heterocycles. The highest BCUT2D eigenvalue weighted by atomic mass is 16.2. The Morgan fingerprint density at radius 3 is 2.11 bits per heavy atom. The molecule has 1 aliphatic heterocycles. The molecule has 0 fully saturated rings. The second kappa shape index (κ2) is 13.5. The number of pyridine rings is 1. The summed E-state index contributed by atoms with van der Waals surface area (Å²) in [5.41, 5.74) is 6.03. The van der Waals surface area contributed by atoms with Crippen LogP contribution in [0.2, 0.25) is 0 Å². The lowest BCUT2D eigenvalue weighted by molar-refractivity contribution is -0.131. The van der Waals surface area contributed by atoms with E-state index in [1.807, 2.05) is 27.7 Å². The minimum absolute atomic E-state index is 0.0255. The number of aromatic nitrogens is 1. The lowest BCUT2D eigenvalue weighted by Gasteiger charge is -2.28. The predicted octanol–water partition coefficient (Wildman–Crippen LogP) is 0.724. The fourth-order valence-electron chi connectivity index (χ4n) is 3.63. The first kappa shape index (κ1) is 27.9. The molecule has 1 aliphatic rings. The van der Waals surface area contributed by atoms with Crippen molar-refractivity contribution in [3.8, 4) is 0 Å². The van der Waals surface area contributed by atoms with E-state index in [0.29, 0.717) is 37.2 Å². The molecule has 4 amide bonds. The van der Waals surface area contributed by atoms with Crippen LogP contribution in [0.1, 0.15) is 44.5 Å². The monoisotopic (exact) mass is 484 g/mol. The summed E-state index contributed by atoms with van der Waals surface area (Å²) in [7, 11) is 0. The van der Waals surface area contributed by atoms with Crippen molar-refractivity contribution in [2.24, 2.45) is 17.6 Å². The van der Waals surface area contributed by atoms with Crippen molar-refractivity contribution in [3.63, 3.8) is 0 Å². The molecule has 5 N–H and O–H groups in total. The maximum Gasteiger partial charge on any atom is 0.257 e. The molecule has 0 aliphatic carbocycles. The molecular weight excluding hydrogens is 448 g/mol. The van der Waals surface area contributed by atoms with Crippen LogP contribution in [0.15, 0.2) is 48.5 Å². The van der Waals surface area contributed by atoms with Gasteiger partial charge in [-0.2, -0.15) is 0 Å². The Kier molecular flexibility index (Phi) is 10.8. The zero-order valence-electron chi connectivity index (χ0n) is 20.8. The van der Waals surface area contributed by atoms with Crippen molar-refractivity contribution in [3.05, 3.63) is 54.0 Å². The molecule has 2 rings (SSSR count). The first-order chi connectivity index (χ1) is 16.6. The van der Waals surface area contributed by atoms with Crippen LogP contribution in [0.3, 0.4) is 0 Å². The molecule has 1 aromatic rings. The largest absolute Gasteiger partial charge is 0.366 e. The highest BCUT2D eigenvalue weighted by Gasteiger charge is 2.27. The fraction of sp³-hybridized carbons (Fsp3) is 0.480. The minimum atomic E-state index is -0.534. The number of nitrogens with one attached hydrogen (secondary N) is 3. The Hall–Kier alpha value is -3.37. The average Bonchev–Trinajstić information content (AvgIpc) is 2.83. The molecule has 10 nitrogen and oxygen atoms in total. The van der Waals surface area contributed by atoms with Crippen molar-refractivity contribution in [1.29, 1.82) is 0 Å². The number of hydrogen-bond donors (Lipinski definition) is 4. The van der Waals surface area contributed by atoms with E-state index < -0.39 is 23.9 Å². The number of nitrogens with zero attached hydrogens (tertiary/aromatic N) is 2. The molecule has 0 spiro atoms. The number of primary amides is 1. The van der Waals surface area contributed by atoms with Gasteiger partial charge < -0.3 is 21.3 Å². The summed E-state index contributed by atoms with van der Waals surface area (Å²) >= 11 is 0. The lowest BCUT2D eigenvalue weighted by atomic mass is 10.0. The lowest BCUT2D eigenvalue weighted by Crippen LogP contribution is -2.50. The van der Waals surface area contributed by atoms with E-state index in [9.17, 15) is 19.2 Å². The second-order valence-electron chi connectivity index (χ2n) is 9.09. The van der Waals surface area contributed by atoms with Gasteiger partial charge in [-0.15, -0.1) is 0 Å². The molecule has 35 heavy (non-hydrogen) atoms. The van der Waals surface area contributed by atoms with Gasteiger partial charge in [-0.3, -0.25) is 29.5 Å². The van der Waals surface area contributed by atoms with Crippen LogP contribution in [-0.2, 0) is 14.4 Å². The third kappa shape index (κ3) is 8.41. The van der Waals surface area contributed by atoms with Gasteiger partial charge in [-0.05, 0) is 49.6 Å². The molecule has 10 heteroatoms. The SMILES string of the molecule is CC(C)C(NCCCNC(C(=O)N1C=CC(C(N)=O)=CC1)C(C)C)C(=O)NC(=O)c1ccncc1. The molecule has 0 saturated carbocycles. The Balaban J connectivity index is 1.81. The third-order valence-electron chi connectivity index (χ3n) is 5.65. The number of rotatable bonds is 12. The summed E-state index contributed by atoms with van der Waals surface area (Å²) in [6.45, 7) is 9.12. The van der Waals surface area contributed by atoms with Gasteiger partial charge in [-0.25, -0.2) is 0 Å². The van der Waals surface area contributed by atoms with Crippen LogP contribution in [0.25, 0.3) is 0 Å². The van der Waals surface area contributed by atoms with Crippen LogP contribution in [0.4, 0.5) is 0 Å². The van der Waals surface area contributed by atoms with Gasteiger partial charge in [0.25, 0.3) is 5.91 Å². The second-order valence-corrected chi connectivity index (χ2v) is 9.09. The highest BCUT2D eigenvalue weighted by Crippen LogP contribution is 2.12. The molecule has 2 atom stereocenters. The summed E-state index contributed by atoms with van der Waals surface area (Å²) in [6.07, 6.45) is 8.43. The summed E-state index contributed by atoms with van der Waals surface area (Å²) in [4.78, 5) is 54.6. The van der Waals surface area contributed by atoms with Crippen LogP contribution < -0.4 is 21.7 Å². The van der Waals surface area contributed by atoms with Gasteiger partial charge in [0.05, 0.1) is 12.1 Å². The van der Waals surface area contributed by atoms with Gasteiger partial charge in [0.2, 0.25) is 17.7 Å². The van der Waals surface area contributed by atoms with E-state index in [2.05, 4.69) is 20.9 Å².